The number of aliphatic carboxylic acids is 2. The lowest BCUT2D eigenvalue weighted by Crippen LogP contribution is -2.58. The minimum atomic E-state index is -1.39. The summed E-state index contributed by atoms with van der Waals surface area (Å²) in [5.41, 5.74) is 6.30. The third-order valence-corrected chi connectivity index (χ3v) is 5.47. The Kier molecular flexibility index (Phi) is 12.0. The molecular weight excluding hydrogens is 480 g/mol. The Hall–Kier alpha value is -3.32. The monoisotopic (exact) mass is 512 g/mol. The molecule has 8 N–H and O–H groups in total. The van der Waals surface area contributed by atoms with Gasteiger partial charge in [0, 0.05) is 18.6 Å². The second-order valence-electron chi connectivity index (χ2n) is 8.28. The predicted molar refractivity (Wildman–Crippen MR) is 129 cm³/mol. The van der Waals surface area contributed by atoms with Crippen LogP contribution in [0.5, 0.6) is 5.75 Å². The first-order chi connectivity index (χ1) is 16.3. The highest BCUT2D eigenvalue weighted by molar-refractivity contribution is 7.80. The summed E-state index contributed by atoms with van der Waals surface area (Å²) in [5.74, 6) is -5.23. The highest BCUT2D eigenvalue weighted by atomic mass is 32.1. The maximum absolute atomic E-state index is 12.8. The summed E-state index contributed by atoms with van der Waals surface area (Å²) in [4.78, 5) is 60.5. The molecule has 4 atom stereocenters. The Bertz CT molecular complexity index is 909. The van der Waals surface area contributed by atoms with Gasteiger partial charge in [-0.3, -0.25) is 19.2 Å². The lowest BCUT2D eigenvalue weighted by Gasteiger charge is -2.25. The maximum atomic E-state index is 12.8. The van der Waals surface area contributed by atoms with Crippen LogP contribution in [0.15, 0.2) is 24.3 Å². The number of hydrogen-bond donors (Lipinski definition) is 8. The van der Waals surface area contributed by atoms with Crippen LogP contribution in [-0.2, 0) is 30.4 Å². The number of phenols is 1. The van der Waals surface area contributed by atoms with Crippen molar-refractivity contribution in [2.45, 2.75) is 57.3 Å². The molecule has 1 aromatic carbocycles. The highest BCUT2D eigenvalue weighted by Crippen LogP contribution is 2.12. The molecule has 0 saturated heterocycles. The molecule has 0 saturated carbocycles. The predicted octanol–water partition coefficient (Wildman–Crippen LogP) is -0.748. The topological polar surface area (TPSA) is 208 Å². The number of nitrogens with two attached hydrogens (primary N) is 1. The van der Waals surface area contributed by atoms with E-state index in [1.54, 1.807) is 13.8 Å². The van der Waals surface area contributed by atoms with Crippen LogP contribution < -0.4 is 21.7 Å². The van der Waals surface area contributed by atoms with E-state index in [9.17, 15) is 34.2 Å². The van der Waals surface area contributed by atoms with E-state index in [0.717, 1.165) is 0 Å². The molecule has 0 heterocycles. The second kappa shape index (κ2) is 14.2. The van der Waals surface area contributed by atoms with Gasteiger partial charge in [-0.05, 0) is 30.0 Å². The molecule has 0 fully saturated rings. The highest BCUT2D eigenvalue weighted by Gasteiger charge is 2.30. The van der Waals surface area contributed by atoms with Gasteiger partial charge < -0.3 is 37.0 Å². The van der Waals surface area contributed by atoms with E-state index >= 15 is 0 Å². The average molecular weight is 513 g/mol. The van der Waals surface area contributed by atoms with Gasteiger partial charge >= 0.3 is 11.9 Å². The summed E-state index contributed by atoms with van der Waals surface area (Å²) in [6.07, 6.45) is -0.926. The molecule has 194 valence electrons. The third-order valence-electron chi connectivity index (χ3n) is 5.11. The number of carbonyl (C=O) groups excluding carboxylic acids is 3. The standard InChI is InChI=1S/C22H32N4O8S/c1-11(2)18(23)21(32)26-16(10-35)20(31)24-14(7-8-17(28)29)19(30)25-15(22(33)34)9-12-3-5-13(27)6-4-12/h3-6,11,14-16,18,27,35H,7-10,23H2,1-2H3,(H,24,31)(H,25,30)(H,26,32)(H,28,29)(H,33,34). The second-order valence-corrected chi connectivity index (χ2v) is 8.64. The molecule has 12 nitrogen and oxygen atoms in total. The van der Waals surface area contributed by atoms with Crippen molar-refractivity contribution < 1.29 is 39.3 Å². The number of carbonyl (C=O) groups is 5. The molecule has 0 bridgehead atoms. The Balaban J connectivity index is 2.96. The van der Waals surface area contributed by atoms with Crippen molar-refractivity contribution in [1.29, 1.82) is 0 Å². The minimum Gasteiger partial charge on any atom is -0.508 e. The van der Waals surface area contributed by atoms with Gasteiger partial charge in [-0.15, -0.1) is 0 Å². The molecule has 0 radical (unpaired) electrons. The van der Waals surface area contributed by atoms with Gasteiger partial charge in [-0.2, -0.15) is 12.6 Å². The lowest BCUT2D eigenvalue weighted by molar-refractivity contribution is -0.143. The van der Waals surface area contributed by atoms with Crippen LogP contribution in [0.4, 0.5) is 0 Å². The van der Waals surface area contributed by atoms with Crippen LogP contribution in [0.2, 0.25) is 0 Å². The van der Waals surface area contributed by atoms with E-state index in [1.807, 2.05) is 0 Å². The van der Waals surface area contributed by atoms with Gasteiger partial charge in [0.25, 0.3) is 0 Å². The zero-order valence-corrected chi connectivity index (χ0v) is 20.3. The van der Waals surface area contributed by atoms with E-state index in [2.05, 4.69) is 28.6 Å². The molecule has 0 spiro atoms. The Morgan fingerprint density at radius 1 is 0.886 bits per heavy atom. The normalized spacial score (nSPS) is 14.3. The minimum absolute atomic E-state index is 0.0127. The SMILES string of the molecule is CC(C)C(N)C(=O)NC(CS)C(=O)NC(CCC(=O)O)C(=O)NC(Cc1ccc(O)cc1)C(=O)O. The van der Waals surface area contributed by atoms with E-state index < -0.39 is 60.2 Å². The fraction of sp³-hybridized carbons (Fsp3) is 0.500. The van der Waals surface area contributed by atoms with Gasteiger partial charge in [-0.25, -0.2) is 4.79 Å². The van der Waals surface area contributed by atoms with E-state index in [4.69, 9.17) is 10.8 Å². The van der Waals surface area contributed by atoms with Crippen LogP contribution >= 0.6 is 12.6 Å². The number of hydrogen-bond acceptors (Lipinski definition) is 8. The van der Waals surface area contributed by atoms with Crippen LogP contribution in [0.1, 0.15) is 32.3 Å². The first kappa shape index (κ1) is 29.7. The lowest BCUT2D eigenvalue weighted by atomic mass is 10.0. The number of carboxylic acid groups (broad SMARTS) is 2. The van der Waals surface area contributed by atoms with Crippen molar-refractivity contribution in [3.05, 3.63) is 29.8 Å². The summed E-state index contributed by atoms with van der Waals surface area (Å²) in [6, 6.07) is 0.882. The van der Waals surface area contributed by atoms with E-state index in [-0.39, 0.29) is 30.3 Å². The zero-order valence-electron chi connectivity index (χ0n) is 19.4. The molecule has 0 aromatic heterocycles. The first-order valence-corrected chi connectivity index (χ1v) is 11.5. The number of aromatic hydroxyl groups is 1. The maximum Gasteiger partial charge on any atom is 0.326 e. The Morgan fingerprint density at radius 2 is 1.40 bits per heavy atom. The smallest absolute Gasteiger partial charge is 0.326 e. The van der Waals surface area contributed by atoms with Gasteiger partial charge in [0.15, 0.2) is 0 Å². The van der Waals surface area contributed by atoms with Crippen LogP contribution in [0.25, 0.3) is 0 Å². The van der Waals surface area contributed by atoms with Crippen LogP contribution in [0, 0.1) is 5.92 Å². The van der Waals surface area contributed by atoms with Crippen LogP contribution in [0.3, 0.4) is 0 Å². The molecular formula is C22H32N4O8S. The van der Waals surface area contributed by atoms with Crippen molar-refractivity contribution in [3.63, 3.8) is 0 Å². The van der Waals surface area contributed by atoms with Gasteiger partial charge in [0.2, 0.25) is 17.7 Å². The first-order valence-electron chi connectivity index (χ1n) is 10.9. The number of phenolic OH excluding ortho intramolecular Hbond substituents is 1. The van der Waals surface area contributed by atoms with Crippen molar-refractivity contribution in [3.8, 4) is 5.75 Å². The largest absolute Gasteiger partial charge is 0.508 e. The summed E-state index contributed by atoms with van der Waals surface area (Å²) >= 11 is 4.05. The molecule has 13 heteroatoms. The van der Waals surface area contributed by atoms with Crippen molar-refractivity contribution >= 4 is 42.3 Å². The molecule has 0 aliphatic rings. The molecule has 1 rings (SSSR count). The molecule has 35 heavy (non-hydrogen) atoms. The van der Waals surface area contributed by atoms with Crippen molar-refractivity contribution in [2.75, 3.05) is 5.75 Å². The number of amides is 3. The quantitative estimate of drug-likeness (QED) is 0.147. The molecule has 1 aromatic rings. The summed E-state index contributed by atoms with van der Waals surface area (Å²) in [6.45, 7) is 3.45. The molecule has 0 aliphatic heterocycles. The van der Waals surface area contributed by atoms with Gasteiger partial charge in [-0.1, -0.05) is 26.0 Å². The fourth-order valence-corrected chi connectivity index (χ4v) is 3.17. The van der Waals surface area contributed by atoms with Crippen molar-refractivity contribution in [2.24, 2.45) is 11.7 Å². The van der Waals surface area contributed by atoms with Gasteiger partial charge in [0.1, 0.15) is 23.9 Å². The summed E-state index contributed by atoms with van der Waals surface area (Å²) in [5, 5.41) is 35.0. The van der Waals surface area contributed by atoms with Crippen molar-refractivity contribution in [1.82, 2.24) is 16.0 Å². The number of rotatable bonds is 14. The Labute approximate surface area is 208 Å². The average Bonchev–Trinajstić information content (AvgIpc) is 2.79. The third kappa shape index (κ3) is 10.2. The van der Waals surface area contributed by atoms with Gasteiger partial charge in [0.05, 0.1) is 6.04 Å². The number of nitrogens with one attached hydrogen (secondary N) is 3. The van der Waals surface area contributed by atoms with E-state index in [0.29, 0.717) is 5.56 Å². The summed E-state index contributed by atoms with van der Waals surface area (Å²) in [7, 11) is 0. The number of thiol groups is 1. The fourth-order valence-electron chi connectivity index (χ4n) is 2.91. The number of benzene rings is 1. The molecule has 0 aliphatic carbocycles. The van der Waals surface area contributed by atoms with E-state index in [1.165, 1.54) is 24.3 Å². The molecule has 3 amide bonds. The molecule has 4 unspecified atom stereocenters. The summed E-state index contributed by atoms with van der Waals surface area (Å²) < 4.78 is 0. The number of carboxylic acids is 2. The Morgan fingerprint density at radius 3 is 1.89 bits per heavy atom. The zero-order chi connectivity index (χ0) is 26.7. The van der Waals surface area contributed by atoms with Crippen LogP contribution in [-0.4, -0.2) is 74.9 Å².